The number of halogens is 3. The maximum absolute atomic E-state index is 12.8. The third kappa shape index (κ3) is 4.02. The highest BCUT2D eigenvalue weighted by atomic mass is 19.4. The van der Waals surface area contributed by atoms with E-state index in [1.807, 2.05) is 4.90 Å². The molecule has 2 aliphatic heterocycles. The van der Waals surface area contributed by atoms with Gasteiger partial charge in [0.05, 0.1) is 18.5 Å². The fourth-order valence-electron chi connectivity index (χ4n) is 4.27. The highest BCUT2D eigenvalue weighted by molar-refractivity contribution is 5.83. The molecule has 3 aromatic heterocycles. The Hall–Kier alpha value is -3.07. The van der Waals surface area contributed by atoms with E-state index >= 15 is 0 Å². The second kappa shape index (κ2) is 8.61. The third-order valence-electron chi connectivity index (χ3n) is 6.08. The Kier molecular flexibility index (Phi) is 5.75. The lowest BCUT2D eigenvalue weighted by Crippen LogP contribution is -2.33. The van der Waals surface area contributed by atoms with Gasteiger partial charge in [-0.1, -0.05) is 0 Å². The van der Waals surface area contributed by atoms with Crippen LogP contribution in [0.15, 0.2) is 31.0 Å². The van der Waals surface area contributed by atoms with Gasteiger partial charge in [0.25, 0.3) is 0 Å². The van der Waals surface area contributed by atoms with Gasteiger partial charge < -0.3 is 30.3 Å². The first kappa shape index (κ1) is 22.7. The normalized spacial score (nSPS) is 27.6. The van der Waals surface area contributed by atoms with Gasteiger partial charge in [-0.25, -0.2) is 19.9 Å². The Morgan fingerprint density at radius 2 is 1.94 bits per heavy atom. The van der Waals surface area contributed by atoms with E-state index in [9.17, 15) is 28.5 Å². The number of hydrogen-bond donors (Lipinski definition) is 4. The number of alkyl halides is 3. The average molecular weight is 481 g/mol. The van der Waals surface area contributed by atoms with Gasteiger partial charge >= 0.3 is 6.18 Å². The number of aromatic nitrogens is 5. The van der Waals surface area contributed by atoms with E-state index in [1.54, 1.807) is 0 Å². The zero-order valence-corrected chi connectivity index (χ0v) is 17.7. The fraction of sp³-hybridized carbons (Fsp3) is 0.500. The predicted octanol–water partition coefficient (Wildman–Crippen LogP) is 0.542. The zero-order chi connectivity index (χ0) is 24.0. The number of nitrogens with zero attached hydrogens (tertiary/aromatic N) is 6. The number of rotatable bonds is 5. The highest BCUT2D eigenvalue weighted by Gasteiger charge is 2.44. The lowest BCUT2D eigenvalue weighted by Gasteiger charge is -2.19. The number of nitrogens with one attached hydrogen (secondary N) is 1. The van der Waals surface area contributed by atoms with Crippen LogP contribution in [0.2, 0.25) is 0 Å². The van der Waals surface area contributed by atoms with Gasteiger partial charge in [0, 0.05) is 25.3 Å². The minimum absolute atomic E-state index is 0.0683. The molecule has 0 aliphatic carbocycles. The summed E-state index contributed by atoms with van der Waals surface area (Å²) in [6, 6.07) is 2.30. The lowest BCUT2D eigenvalue weighted by molar-refractivity contribution is -0.137. The van der Waals surface area contributed by atoms with Crippen molar-refractivity contribution in [2.45, 2.75) is 43.2 Å². The second-order valence-electron chi connectivity index (χ2n) is 8.25. The van der Waals surface area contributed by atoms with E-state index in [4.69, 9.17) is 4.74 Å². The Morgan fingerprint density at radius 3 is 2.62 bits per heavy atom. The maximum Gasteiger partial charge on any atom is 0.417 e. The van der Waals surface area contributed by atoms with E-state index in [2.05, 4.69) is 25.3 Å². The van der Waals surface area contributed by atoms with Crippen molar-refractivity contribution in [3.8, 4) is 0 Å². The van der Waals surface area contributed by atoms with E-state index in [0.717, 1.165) is 12.3 Å². The fourth-order valence-corrected chi connectivity index (χ4v) is 4.27. The van der Waals surface area contributed by atoms with Crippen LogP contribution in [0.3, 0.4) is 0 Å². The van der Waals surface area contributed by atoms with Crippen molar-refractivity contribution in [2.75, 3.05) is 29.9 Å². The number of fused-ring (bicyclic) bond motifs is 1. The topological polar surface area (TPSA) is 142 Å². The molecule has 2 aliphatic rings. The van der Waals surface area contributed by atoms with Crippen molar-refractivity contribution in [1.29, 1.82) is 0 Å². The SMILES string of the molecule is OCC1O[C@@H](n2cnc3c(N[C@@H]4CCN(c5ccc(C(F)(F)F)cn5)C4)ncnc32)[C@H](O)[C@@H]1O. The maximum atomic E-state index is 12.8. The Bertz CT molecular complexity index is 1160. The van der Waals surface area contributed by atoms with Crippen LogP contribution < -0.4 is 10.2 Å². The summed E-state index contributed by atoms with van der Waals surface area (Å²) in [4.78, 5) is 18.7. The van der Waals surface area contributed by atoms with Gasteiger partial charge in [0.1, 0.15) is 30.5 Å². The van der Waals surface area contributed by atoms with Crippen molar-refractivity contribution in [3.05, 3.63) is 36.5 Å². The standard InChI is InChI=1S/C20H22F3N7O4/c21-20(22,23)10-1-2-13(24-5-10)29-4-3-11(6-29)28-17-14-18(26-8-25-17)30(9-27-14)19-16(33)15(32)12(7-31)34-19/h1-2,5,8-9,11-12,15-16,19,31-33H,3-4,6-7H2,(H,25,26,28)/t11-,12?,15-,16-,19-/m1/s1. The van der Waals surface area contributed by atoms with E-state index < -0.39 is 42.9 Å². The highest BCUT2D eigenvalue weighted by Crippen LogP contribution is 2.33. The minimum atomic E-state index is -4.43. The molecule has 1 unspecified atom stereocenters. The van der Waals surface area contributed by atoms with Crippen LogP contribution in [0.1, 0.15) is 18.2 Å². The van der Waals surface area contributed by atoms with Crippen LogP contribution in [0.5, 0.6) is 0 Å². The smallest absolute Gasteiger partial charge is 0.394 e. The third-order valence-corrected chi connectivity index (χ3v) is 6.08. The van der Waals surface area contributed by atoms with Crippen molar-refractivity contribution < 1.29 is 33.2 Å². The second-order valence-corrected chi connectivity index (χ2v) is 8.25. The number of aliphatic hydroxyl groups is 3. The van der Waals surface area contributed by atoms with Crippen LogP contribution in [-0.4, -0.2) is 83.9 Å². The summed E-state index contributed by atoms with van der Waals surface area (Å²) in [6.45, 7) is 0.649. The molecule has 0 spiro atoms. The van der Waals surface area contributed by atoms with Crippen molar-refractivity contribution >= 4 is 22.8 Å². The molecule has 182 valence electrons. The molecule has 4 N–H and O–H groups in total. The monoisotopic (exact) mass is 481 g/mol. The molecule has 5 atom stereocenters. The summed E-state index contributed by atoms with van der Waals surface area (Å²) < 4.78 is 45.4. The minimum Gasteiger partial charge on any atom is -0.394 e. The summed E-state index contributed by atoms with van der Waals surface area (Å²) in [5.74, 6) is 0.904. The molecule has 3 aromatic rings. The van der Waals surface area contributed by atoms with Crippen LogP contribution in [0.25, 0.3) is 11.2 Å². The summed E-state index contributed by atoms with van der Waals surface area (Å²) in [5.41, 5.74) is -0.00350. The van der Waals surface area contributed by atoms with Gasteiger partial charge in [0.15, 0.2) is 23.2 Å². The van der Waals surface area contributed by atoms with Crippen LogP contribution in [-0.2, 0) is 10.9 Å². The average Bonchev–Trinajstić information content (AvgIpc) is 3.52. The van der Waals surface area contributed by atoms with Crippen LogP contribution >= 0.6 is 0 Å². The molecule has 0 saturated carbocycles. The van der Waals surface area contributed by atoms with Gasteiger partial charge in [0.2, 0.25) is 0 Å². The quantitative estimate of drug-likeness (QED) is 0.408. The summed E-state index contributed by atoms with van der Waals surface area (Å²) in [6.07, 6.45) is -4.60. The first-order valence-corrected chi connectivity index (χ1v) is 10.6. The first-order valence-electron chi connectivity index (χ1n) is 10.6. The Labute approximate surface area is 190 Å². The van der Waals surface area contributed by atoms with Crippen LogP contribution in [0, 0.1) is 0 Å². The molecule has 0 bridgehead atoms. The van der Waals surface area contributed by atoms with Gasteiger partial charge in [-0.3, -0.25) is 4.57 Å². The number of pyridine rings is 1. The van der Waals surface area contributed by atoms with Crippen molar-refractivity contribution in [2.24, 2.45) is 0 Å². The van der Waals surface area contributed by atoms with Gasteiger partial charge in [-0.05, 0) is 18.6 Å². The number of anilines is 2. The molecular weight excluding hydrogens is 459 g/mol. The molecule has 5 heterocycles. The van der Waals surface area contributed by atoms with Gasteiger partial charge in [-0.2, -0.15) is 13.2 Å². The Morgan fingerprint density at radius 1 is 1.12 bits per heavy atom. The molecule has 2 saturated heterocycles. The first-order chi connectivity index (χ1) is 16.3. The summed E-state index contributed by atoms with van der Waals surface area (Å²) in [5, 5.41) is 33.0. The van der Waals surface area contributed by atoms with E-state index in [0.29, 0.717) is 42.3 Å². The molecule has 2 fully saturated rings. The van der Waals surface area contributed by atoms with Gasteiger partial charge in [-0.15, -0.1) is 0 Å². The number of aliphatic hydroxyl groups excluding tert-OH is 3. The molecule has 14 heteroatoms. The predicted molar refractivity (Wildman–Crippen MR) is 112 cm³/mol. The van der Waals surface area contributed by atoms with Crippen LogP contribution in [0.4, 0.5) is 24.8 Å². The molecule has 11 nitrogen and oxygen atoms in total. The van der Waals surface area contributed by atoms with E-state index in [1.165, 1.54) is 23.3 Å². The lowest BCUT2D eigenvalue weighted by atomic mass is 10.1. The molecule has 0 amide bonds. The van der Waals surface area contributed by atoms with E-state index in [-0.39, 0.29) is 6.04 Å². The number of imidazole rings is 1. The van der Waals surface area contributed by atoms with Crippen molar-refractivity contribution in [1.82, 2.24) is 24.5 Å². The molecule has 34 heavy (non-hydrogen) atoms. The molecule has 0 radical (unpaired) electrons. The summed E-state index contributed by atoms with van der Waals surface area (Å²) in [7, 11) is 0. The largest absolute Gasteiger partial charge is 0.417 e. The number of hydrogen-bond acceptors (Lipinski definition) is 10. The van der Waals surface area contributed by atoms with Crippen molar-refractivity contribution in [3.63, 3.8) is 0 Å². The molecular formula is C20H22F3N7O4. The Balaban J connectivity index is 1.31. The molecule has 0 aromatic carbocycles. The summed E-state index contributed by atoms with van der Waals surface area (Å²) >= 11 is 0. The zero-order valence-electron chi connectivity index (χ0n) is 17.7. The molecule has 5 rings (SSSR count). The number of ether oxygens (including phenoxy) is 1.